The van der Waals surface area contributed by atoms with Crippen molar-refractivity contribution < 1.29 is 4.42 Å². The van der Waals surface area contributed by atoms with Crippen LogP contribution in [0.5, 0.6) is 0 Å². The van der Waals surface area contributed by atoms with Gasteiger partial charge in [0, 0.05) is 23.0 Å². The molecule has 0 radical (unpaired) electrons. The van der Waals surface area contributed by atoms with Crippen molar-refractivity contribution in [2.45, 2.75) is 38.8 Å². The van der Waals surface area contributed by atoms with Gasteiger partial charge >= 0.3 is 0 Å². The molecule has 102 valence electrons. The van der Waals surface area contributed by atoms with E-state index in [-0.39, 0.29) is 0 Å². The molecule has 0 aliphatic rings. The Balaban J connectivity index is 1.83. The lowest BCUT2D eigenvalue weighted by molar-refractivity contribution is 0.430. The second-order valence-electron chi connectivity index (χ2n) is 4.96. The van der Waals surface area contributed by atoms with Crippen molar-refractivity contribution in [3.63, 3.8) is 0 Å². The van der Waals surface area contributed by atoms with Gasteiger partial charge in [-0.25, -0.2) is 0 Å². The average molecular weight is 322 g/mol. The summed E-state index contributed by atoms with van der Waals surface area (Å²) in [5.74, 6) is 1.06. The Morgan fingerprint density at radius 3 is 2.74 bits per heavy atom. The van der Waals surface area contributed by atoms with E-state index in [0.29, 0.717) is 12.1 Å². The second-order valence-corrected chi connectivity index (χ2v) is 5.88. The molecule has 19 heavy (non-hydrogen) atoms. The Kier molecular flexibility index (Phi) is 5.23. The third-order valence-corrected chi connectivity index (χ3v) is 3.78. The van der Waals surface area contributed by atoms with Gasteiger partial charge in [0.15, 0.2) is 0 Å². The standard InChI is InChI=1S/C16H20BrNO/c1-12(8-9-16-7-4-10-19-16)18-13(2)14-5-3-6-15(17)11-14/h3-7,10-13,18H,8-9H2,1-2H3. The van der Waals surface area contributed by atoms with Crippen LogP contribution in [-0.4, -0.2) is 6.04 Å². The molecular weight excluding hydrogens is 302 g/mol. The molecule has 2 rings (SSSR count). The summed E-state index contributed by atoms with van der Waals surface area (Å²) in [7, 11) is 0. The maximum absolute atomic E-state index is 5.36. The minimum atomic E-state index is 0.351. The highest BCUT2D eigenvalue weighted by Crippen LogP contribution is 2.19. The van der Waals surface area contributed by atoms with E-state index >= 15 is 0 Å². The van der Waals surface area contributed by atoms with Gasteiger partial charge in [-0.2, -0.15) is 0 Å². The highest BCUT2D eigenvalue weighted by molar-refractivity contribution is 9.10. The fourth-order valence-corrected chi connectivity index (χ4v) is 2.61. The van der Waals surface area contributed by atoms with Gasteiger partial charge in [0.1, 0.15) is 5.76 Å². The fourth-order valence-electron chi connectivity index (χ4n) is 2.20. The predicted molar refractivity (Wildman–Crippen MR) is 82.2 cm³/mol. The Labute approximate surface area is 123 Å². The maximum Gasteiger partial charge on any atom is 0.103 e. The summed E-state index contributed by atoms with van der Waals surface area (Å²) in [6.07, 6.45) is 3.79. The van der Waals surface area contributed by atoms with E-state index in [2.05, 4.69) is 59.4 Å². The molecule has 0 amide bonds. The van der Waals surface area contributed by atoms with Gasteiger partial charge < -0.3 is 9.73 Å². The molecule has 2 nitrogen and oxygen atoms in total. The zero-order chi connectivity index (χ0) is 13.7. The molecule has 1 aromatic heterocycles. The van der Waals surface area contributed by atoms with Crippen LogP contribution in [0.1, 0.15) is 37.6 Å². The van der Waals surface area contributed by atoms with Crippen molar-refractivity contribution in [2.75, 3.05) is 0 Å². The lowest BCUT2D eigenvalue weighted by Crippen LogP contribution is -2.29. The summed E-state index contributed by atoms with van der Waals surface area (Å²) in [5, 5.41) is 3.62. The van der Waals surface area contributed by atoms with Crippen LogP contribution < -0.4 is 5.32 Å². The zero-order valence-corrected chi connectivity index (χ0v) is 13.0. The molecule has 2 aromatic rings. The van der Waals surface area contributed by atoms with E-state index in [9.17, 15) is 0 Å². The molecule has 0 fully saturated rings. The first-order chi connectivity index (χ1) is 9.15. The van der Waals surface area contributed by atoms with Crippen LogP contribution in [0.15, 0.2) is 51.6 Å². The quantitative estimate of drug-likeness (QED) is 0.833. The van der Waals surface area contributed by atoms with Crippen LogP contribution in [0.3, 0.4) is 0 Å². The minimum absolute atomic E-state index is 0.351. The first kappa shape index (κ1) is 14.4. The Hall–Kier alpha value is -1.06. The Bertz CT molecular complexity index is 495. The van der Waals surface area contributed by atoms with Crippen molar-refractivity contribution in [2.24, 2.45) is 0 Å². The number of hydrogen-bond donors (Lipinski definition) is 1. The van der Waals surface area contributed by atoms with Gasteiger partial charge in [0.05, 0.1) is 6.26 Å². The molecule has 0 spiro atoms. The Morgan fingerprint density at radius 1 is 1.21 bits per heavy atom. The van der Waals surface area contributed by atoms with Crippen LogP contribution in [0.2, 0.25) is 0 Å². The van der Waals surface area contributed by atoms with E-state index < -0.39 is 0 Å². The lowest BCUT2D eigenvalue weighted by Gasteiger charge is -2.20. The minimum Gasteiger partial charge on any atom is -0.469 e. The van der Waals surface area contributed by atoms with E-state index in [1.807, 2.05) is 12.1 Å². The first-order valence-corrected chi connectivity index (χ1v) is 7.48. The van der Waals surface area contributed by atoms with Gasteiger partial charge in [-0.3, -0.25) is 0 Å². The summed E-state index contributed by atoms with van der Waals surface area (Å²) < 4.78 is 6.48. The first-order valence-electron chi connectivity index (χ1n) is 6.69. The van der Waals surface area contributed by atoms with Crippen LogP contribution in [0.4, 0.5) is 0 Å². The highest BCUT2D eigenvalue weighted by atomic mass is 79.9. The summed E-state index contributed by atoms with van der Waals surface area (Å²) in [6, 6.07) is 13.2. The third-order valence-electron chi connectivity index (χ3n) is 3.29. The predicted octanol–water partition coefficient (Wildman–Crippen LogP) is 4.71. The number of aryl methyl sites for hydroxylation is 1. The molecule has 0 saturated carbocycles. The third kappa shape index (κ3) is 4.51. The fraction of sp³-hybridized carbons (Fsp3) is 0.375. The molecule has 0 saturated heterocycles. The lowest BCUT2D eigenvalue weighted by atomic mass is 10.1. The van der Waals surface area contributed by atoms with Gasteiger partial charge in [-0.15, -0.1) is 0 Å². The van der Waals surface area contributed by atoms with Gasteiger partial charge in [-0.1, -0.05) is 28.1 Å². The van der Waals surface area contributed by atoms with Crippen molar-refractivity contribution >= 4 is 15.9 Å². The van der Waals surface area contributed by atoms with Crippen molar-refractivity contribution in [1.82, 2.24) is 5.32 Å². The summed E-state index contributed by atoms with van der Waals surface area (Å²) in [5.41, 5.74) is 1.30. The van der Waals surface area contributed by atoms with Gasteiger partial charge in [-0.05, 0) is 50.1 Å². The van der Waals surface area contributed by atoms with Crippen LogP contribution in [0, 0.1) is 0 Å². The molecule has 0 bridgehead atoms. The number of benzene rings is 1. The smallest absolute Gasteiger partial charge is 0.103 e. The number of hydrogen-bond acceptors (Lipinski definition) is 2. The van der Waals surface area contributed by atoms with Crippen LogP contribution >= 0.6 is 15.9 Å². The van der Waals surface area contributed by atoms with Crippen LogP contribution in [-0.2, 0) is 6.42 Å². The van der Waals surface area contributed by atoms with Crippen LogP contribution in [0.25, 0.3) is 0 Å². The van der Waals surface area contributed by atoms with Crippen molar-refractivity contribution in [3.8, 4) is 0 Å². The maximum atomic E-state index is 5.36. The van der Waals surface area contributed by atoms with Crippen molar-refractivity contribution in [3.05, 3.63) is 58.5 Å². The van der Waals surface area contributed by atoms with Gasteiger partial charge in [0.25, 0.3) is 0 Å². The molecular formula is C16H20BrNO. The Morgan fingerprint density at radius 2 is 2.05 bits per heavy atom. The number of nitrogens with one attached hydrogen (secondary N) is 1. The monoisotopic (exact) mass is 321 g/mol. The molecule has 1 heterocycles. The van der Waals surface area contributed by atoms with Gasteiger partial charge in [0.2, 0.25) is 0 Å². The molecule has 2 unspecified atom stereocenters. The number of furan rings is 1. The second kappa shape index (κ2) is 6.92. The molecule has 1 aromatic carbocycles. The highest BCUT2D eigenvalue weighted by Gasteiger charge is 2.10. The SMILES string of the molecule is CC(CCc1ccco1)NC(C)c1cccc(Br)c1. The summed E-state index contributed by atoms with van der Waals surface area (Å²) in [6.45, 7) is 4.42. The van der Waals surface area contributed by atoms with E-state index in [0.717, 1.165) is 23.1 Å². The molecule has 0 aliphatic carbocycles. The van der Waals surface area contributed by atoms with E-state index in [4.69, 9.17) is 4.42 Å². The largest absolute Gasteiger partial charge is 0.469 e. The molecule has 1 N–H and O–H groups in total. The zero-order valence-electron chi connectivity index (χ0n) is 11.4. The number of halogens is 1. The topological polar surface area (TPSA) is 25.2 Å². The summed E-state index contributed by atoms with van der Waals surface area (Å²) in [4.78, 5) is 0. The number of rotatable bonds is 6. The van der Waals surface area contributed by atoms with E-state index in [1.54, 1.807) is 6.26 Å². The molecule has 0 aliphatic heterocycles. The normalized spacial score (nSPS) is 14.3. The summed E-state index contributed by atoms with van der Waals surface area (Å²) >= 11 is 3.51. The molecule has 2 atom stereocenters. The molecule has 3 heteroatoms. The van der Waals surface area contributed by atoms with Crippen molar-refractivity contribution in [1.29, 1.82) is 0 Å². The van der Waals surface area contributed by atoms with E-state index in [1.165, 1.54) is 5.56 Å². The average Bonchev–Trinajstić information content (AvgIpc) is 2.89.